The molecular formula is C19H21FN4O. The predicted molar refractivity (Wildman–Crippen MR) is 93.8 cm³/mol. The average Bonchev–Trinajstić information content (AvgIpc) is 3.13. The third-order valence-corrected chi connectivity index (χ3v) is 4.09. The molecule has 6 heteroatoms. The van der Waals surface area contributed by atoms with E-state index in [9.17, 15) is 4.39 Å². The summed E-state index contributed by atoms with van der Waals surface area (Å²) in [5, 5.41) is 7.48. The molecule has 0 spiro atoms. The first-order valence-electron chi connectivity index (χ1n) is 8.13. The van der Waals surface area contributed by atoms with Gasteiger partial charge in [0.25, 0.3) is 0 Å². The van der Waals surface area contributed by atoms with Crippen LogP contribution in [0.25, 0.3) is 0 Å². The highest BCUT2D eigenvalue weighted by Gasteiger charge is 2.11. The first-order valence-corrected chi connectivity index (χ1v) is 8.13. The Bertz CT molecular complexity index is 820. The van der Waals surface area contributed by atoms with Gasteiger partial charge in [0.2, 0.25) is 0 Å². The van der Waals surface area contributed by atoms with E-state index in [1.54, 1.807) is 23.1 Å². The van der Waals surface area contributed by atoms with Gasteiger partial charge in [-0.25, -0.2) is 14.1 Å². The molecule has 3 aromatic rings. The van der Waals surface area contributed by atoms with E-state index in [2.05, 4.69) is 33.6 Å². The summed E-state index contributed by atoms with van der Waals surface area (Å²) in [5.41, 5.74) is 2.91. The Morgan fingerprint density at radius 1 is 1.20 bits per heavy atom. The molecule has 0 radical (unpaired) electrons. The smallest absolute Gasteiger partial charge is 0.137 e. The van der Waals surface area contributed by atoms with Crippen LogP contribution in [-0.4, -0.2) is 21.9 Å². The number of nitrogens with one attached hydrogen (secondary N) is 1. The van der Waals surface area contributed by atoms with Crippen LogP contribution in [0.1, 0.15) is 29.7 Å². The third-order valence-electron chi connectivity index (χ3n) is 4.09. The minimum Gasteiger partial charge on any atom is -0.497 e. The van der Waals surface area contributed by atoms with E-state index in [-0.39, 0.29) is 11.9 Å². The maximum absolute atomic E-state index is 14.2. The van der Waals surface area contributed by atoms with Gasteiger partial charge in [-0.2, -0.15) is 5.10 Å². The van der Waals surface area contributed by atoms with Crippen LogP contribution in [0.3, 0.4) is 0 Å². The van der Waals surface area contributed by atoms with Crippen LogP contribution < -0.4 is 10.1 Å². The van der Waals surface area contributed by atoms with Crippen molar-refractivity contribution in [3.8, 4) is 5.75 Å². The number of hydrogen-bond donors (Lipinski definition) is 1. The van der Waals surface area contributed by atoms with Gasteiger partial charge in [-0.1, -0.05) is 30.3 Å². The Balaban J connectivity index is 1.63. The van der Waals surface area contributed by atoms with E-state index in [1.807, 2.05) is 13.0 Å². The summed E-state index contributed by atoms with van der Waals surface area (Å²) < 4.78 is 21.0. The van der Waals surface area contributed by atoms with Crippen molar-refractivity contribution in [2.75, 3.05) is 7.11 Å². The van der Waals surface area contributed by atoms with Crippen LogP contribution in [-0.2, 0) is 13.1 Å². The highest BCUT2D eigenvalue weighted by Crippen LogP contribution is 2.22. The summed E-state index contributed by atoms with van der Waals surface area (Å²) in [6, 6.07) is 13.1. The Hall–Kier alpha value is -2.73. The SMILES string of the molecule is COc1ccc([C@@H](C)NCc2cccc(Cn3cncn3)c2)c(F)c1. The van der Waals surface area contributed by atoms with E-state index in [0.717, 1.165) is 11.1 Å². The molecule has 25 heavy (non-hydrogen) atoms. The van der Waals surface area contributed by atoms with Gasteiger partial charge in [-0.15, -0.1) is 0 Å². The fourth-order valence-electron chi connectivity index (χ4n) is 2.71. The predicted octanol–water partition coefficient (Wildman–Crippen LogP) is 3.32. The number of rotatable bonds is 7. The fourth-order valence-corrected chi connectivity index (χ4v) is 2.71. The zero-order chi connectivity index (χ0) is 17.6. The lowest BCUT2D eigenvalue weighted by Crippen LogP contribution is -2.19. The molecule has 0 saturated heterocycles. The highest BCUT2D eigenvalue weighted by atomic mass is 19.1. The molecule has 0 bridgehead atoms. The van der Waals surface area contributed by atoms with Crippen LogP contribution in [0.4, 0.5) is 4.39 Å². The van der Waals surface area contributed by atoms with Gasteiger partial charge in [0.1, 0.15) is 24.2 Å². The largest absolute Gasteiger partial charge is 0.497 e. The monoisotopic (exact) mass is 340 g/mol. The number of aromatic nitrogens is 3. The maximum atomic E-state index is 14.2. The van der Waals surface area contributed by atoms with Crippen molar-refractivity contribution >= 4 is 0 Å². The summed E-state index contributed by atoms with van der Waals surface area (Å²) in [6.45, 7) is 3.28. The molecule has 1 atom stereocenters. The lowest BCUT2D eigenvalue weighted by atomic mass is 10.1. The number of benzene rings is 2. The molecule has 130 valence electrons. The van der Waals surface area contributed by atoms with Crippen LogP contribution in [0.2, 0.25) is 0 Å². The molecular weight excluding hydrogens is 319 g/mol. The van der Waals surface area contributed by atoms with Gasteiger partial charge in [-0.3, -0.25) is 0 Å². The Kier molecular flexibility index (Phi) is 5.40. The second kappa shape index (κ2) is 7.90. The average molecular weight is 340 g/mol. The molecule has 0 aliphatic heterocycles. The van der Waals surface area contributed by atoms with Gasteiger partial charge in [-0.05, 0) is 24.1 Å². The van der Waals surface area contributed by atoms with Crippen LogP contribution in [0.15, 0.2) is 55.1 Å². The number of methoxy groups -OCH3 is 1. The van der Waals surface area contributed by atoms with E-state index in [1.165, 1.54) is 19.5 Å². The molecule has 1 N–H and O–H groups in total. The van der Waals surface area contributed by atoms with Crippen molar-refractivity contribution in [1.29, 1.82) is 0 Å². The normalized spacial score (nSPS) is 12.1. The topological polar surface area (TPSA) is 52.0 Å². The van der Waals surface area contributed by atoms with Gasteiger partial charge in [0, 0.05) is 24.2 Å². The molecule has 0 fully saturated rings. The number of hydrogen-bond acceptors (Lipinski definition) is 4. The highest BCUT2D eigenvalue weighted by molar-refractivity contribution is 5.31. The van der Waals surface area contributed by atoms with Crippen molar-refractivity contribution in [3.05, 3.63) is 77.6 Å². The maximum Gasteiger partial charge on any atom is 0.137 e. The molecule has 1 heterocycles. The van der Waals surface area contributed by atoms with Crippen molar-refractivity contribution in [2.45, 2.75) is 26.1 Å². The summed E-state index contributed by atoms with van der Waals surface area (Å²) in [4.78, 5) is 3.95. The quantitative estimate of drug-likeness (QED) is 0.717. The molecule has 3 rings (SSSR count). The molecule has 0 amide bonds. The summed E-state index contributed by atoms with van der Waals surface area (Å²) in [6.07, 6.45) is 3.22. The minimum atomic E-state index is -0.265. The molecule has 0 aliphatic carbocycles. The Labute approximate surface area is 146 Å². The minimum absolute atomic E-state index is 0.107. The molecule has 2 aromatic carbocycles. The second-order valence-corrected chi connectivity index (χ2v) is 5.90. The van der Waals surface area contributed by atoms with Gasteiger partial charge < -0.3 is 10.1 Å². The van der Waals surface area contributed by atoms with E-state index in [0.29, 0.717) is 24.4 Å². The van der Waals surface area contributed by atoms with Gasteiger partial charge in [0.05, 0.1) is 13.7 Å². The van der Waals surface area contributed by atoms with Crippen molar-refractivity contribution in [2.24, 2.45) is 0 Å². The summed E-state index contributed by atoms with van der Waals surface area (Å²) in [5.74, 6) is 0.258. The lowest BCUT2D eigenvalue weighted by Gasteiger charge is -2.16. The van der Waals surface area contributed by atoms with Crippen molar-refractivity contribution in [3.63, 3.8) is 0 Å². The molecule has 0 unspecified atom stereocenters. The van der Waals surface area contributed by atoms with Crippen molar-refractivity contribution < 1.29 is 9.13 Å². The van der Waals surface area contributed by atoms with E-state index >= 15 is 0 Å². The summed E-state index contributed by atoms with van der Waals surface area (Å²) >= 11 is 0. The van der Waals surface area contributed by atoms with Crippen LogP contribution in [0.5, 0.6) is 5.75 Å². The van der Waals surface area contributed by atoms with Crippen LogP contribution in [0, 0.1) is 5.82 Å². The molecule has 0 aliphatic rings. The second-order valence-electron chi connectivity index (χ2n) is 5.90. The molecule has 0 saturated carbocycles. The molecule has 1 aromatic heterocycles. The Morgan fingerprint density at radius 3 is 2.76 bits per heavy atom. The number of ether oxygens (including phenoxy) is 1. The summed E-state index contributed by atoms with van der Waals surface area (Å²) in [7, 11) is 1.53. The number of halogens is 1. The Morgan fingerprint density at radius 2 is 2.04 bits per heavy atom. The first kappa shape index (κ1) is 17.1. The van der Waals surface area contributed by atoms with Gasteiger partial charge in [0.15, 0.2) is 0 Å². The van der Waals surface area contributed by atoms with Gasteiger partial charge >= 0.3 is 0 Å². The number of nitrogens with zero attached hydrogens (tertiary/aromatic N) is 3. The first-order chi connectivity index (χ1) is 12.2. The van der Waals surface area contributed by atoms with E-state index in [4.69, 9.17) is 4.74 Å². The van der Waals surface area contributed by atoms with Crippen LogP contribution >= 0.6 is 0 Å². The third kappa shape index (κ3) is 4.42. The zero-order valence-electron chi connectivity index (χ0n) is 14.3. The lowest BCUT2D eigenvalue weighted by molar-refractivity contribution is 0.409. The van der Waals surface area contributed by atoms with Crippen molar-refractivity contribution in [1.82, 2.24) is 20.1 Å². The van der Waals surface area contributed by atoms with E-state index < -0.39 is 0 Å². The molecule has 5 nitrogen and oxygen atoms in total. The standard InChI is InChI=1S/C19H21FN4O/c1-14(18-7-6-17(25-2)9-19(18)20)22-10-15-4-3-5-16(8-15)11-24-13-21-12-23-24/h3-9,12-14,22H,10-11H2,1-2H3/t14-/m1/s1. The zero-order valence-corrected chi connectivity index (χ0v) is 14.3. The fraction of sp³-hybridized carbons (Fsp3) is 0.263.